The molecular formula is C18H32IN5O2. The molecular weight excluding hydrogens is 445 g/mol. The number of hydrogen-bond donors (Lipinski definition) is 3. The number of aliphatic imine (C=N–C) groups is 1. The minimum absolute atomic E-state index is 0. The van der Waals surface area contributed by atoms with Crippen molar-refractivity contribution in [3.05, 3.63) is 29.8 Å². The molecule has 0 atom stereocenters. The monoisotopic (exact) mass is 477 g/mol. The maximum atomic E-state index is 11.8. The second-order valence-electron chi connectivity index (χ2n) is 5.89. The zero-order valence-electron chi connectivity index (χ0n) is 16.2. The van der Waals surface area contributed by atoms with E-state index < -0.39 is 0 Å². The van der Waals surface area contributed by atoms with Gasteiger partial charge in [-0.15, -0.1) is 24.0 Å². The molecule has 0 aliphatic heterocycles. The van der Waals surface area contributed by atoms with Gasteiger partial charge in [0.2, 0.25) is 5.91 Å². The fraction of sp³-hybridized carbons (Fsp3) is 0.556. The van der Waals surface area contributed by atoms with E-state index in [1.54, 1.807) is 7.05 Å². The molecule has 1 rings (SSSR count). The van der Waals surface area contributed by atoms with E-state index in [1.165, 1.54) is 0 Å². The molecule has 0 aliphatic rings. The molecule has 0 bridgehead atoms. The number of amides is 1. The molecule has 0 saturated heterocycles. The van der Waals surface area contributed by atoms with Crippen LogP contribution in [0.5, 0.6) is 0 Å². The summed E-state index contributed by atoms with van der Waals surface area (Å²) in [6, 6.07) is 7.79. The lowest BCUT2D eigenvalue weighted by Crippen LogP contribution is -2.37. The Hall–Kier alpha value is -1.39. The summed E-state index contributed by atoms with van der Waals surface area (Å²) in [6.45, 7) is 5.28. The van der Waals surface area contributed by atoms with Gasteiger partial charge in [0.25, 0.3) is 0 Å². The topological polar surface area (TPSA) is 78.0 Å². The first-order valence-electron chi connectivity index (χ1n) is 8.61. The second kappa shape index (κ2) is 14.7. The van der Waals surface area contributed by atoms with Gasteiger partial charge in [-0.3, -0.25) is 9.79 Å². The van der Waals surface area contributed by atoms with Gasteiger partial charge >= 0.3 is 0 Å². The van der Waals surface area contributed by atoms with Crippen molar-refractivity contribution < 1.29 is 9.53 Å². The van der Waals surface area contributed by atoms with Crippen LogP contribution in [0.25, 0.3) is 0 Å². The lowest BCUT2D eigenvalue weighted by atomic mass is 10.2. The molecule has 0 heterocycles. The quantitative estimate of drug-likeness (QED) is 0.208. The summed E-state index contributed by atoms with van der Waals surface area (Å²) in [4.78, 5) is 17.9. The number of nitrogens with zero attached hydrogens (tertiary/aromatic N) is 2. The molecule has 0 unspecified atom stereocenters. The van der Waals surface area contributed by atoms with E-state index in [0.29, 0.717) is 13.1 Å². The minimum Gasteiger partial charge on any atom is -0.382 e. The van der Waals surface area contributed by atoms with Crippen LogP contribution in [0.1, 0.15) is 18.9 Å². The van der Waals surface area contributed by atoms with Gasteiger partial charge in [-0.2, -0.15) is 0 Å². The van der Waals surface area contributed by atoms with Crippen molar-refractivity contribution in [2.24, 2.45) is 4.99 Å². The molecule has 0 saturated carbocycles. The van der Waals surface area contributed by atoms with Gasteiger partial charge < -0.3 is 25.6 Å². The van der Waals surface area contributed by atoms with Gasteiger partial charge in [-0.1, -0.05) is 12.1 Å². The average molecular weight is 477 g/mol. The summed E-state index contributed by atoms with van der Waals surface area (Å²) >= 11 is 0. The number of hydrogen-bond acceptors (Lipinski definition) is 4. The molecule has 0 aliphatic carbocycles. The van der Waals surface area contributed by atoms with E-state index in [0.717, 1.165) is 43.4 Å². The third kappa shape index (κ3) is 11.3. The summed E-state index contributed by atoms with van der Waals surface area (Å²) in [5.41, 5.74) is 1.87. The SMILES string of the molecule is CCOCCCNC(=NC)NCc1cccc(NC(=O)CN(C)C)c1.I. The minimum atomic E-state index is -0.0260. The van der Waals surface area contributed by atoms with Gasteiger partial charge in [0, 0.05) is 39.0 Å². The normalized spacial score (nSPS) is 11.0. The van der Waals surface area contributed by atoms with Crippen molar-refractivity contribution in [2.75, 3.05) is 52.8 Å². The van der Waals surface area contributed by atoms with Crippen LogP contribution in [0.4, 0.5) is 5.69 Å². The molecule has 26 heavy (non-hydrogen) atoms. The van der Waals surface area contributed by atoms with E-state index in [-0.39, 0.29) is 29.9 Å². The first-order valence-corrected chi connectivity index (χ1v) is 8.61. The molecule has 0 aromatic heterocycles. The number of ether oxygens (including phenoxy) is 1. The number of likely N-dealkylation sites (N-methyl/N-ethyl adjacent to an activating group) is 1. The molecule has 7 nitrogen and oxygen atoms in total. The number of guanidine groups is 1. The first kappa shape index (κ1) is 24.6. The summed E-state index contributed by atoms with van der Waals surface area (Å²) in [5.74, 6) is 0.723. The fourth-order valence-corrected chi connectivity index (χ4v) is 2.18. The highest BCUT2D eigenvalue weighted by molar-refractivity contribution is 14.0. The van der Waals surface area contributed by atoms with Crippen molar-refractivity contribution in [3.63, 3.8) is 0 Å². The van der Waals surface area contributed by atoms with E-state index in [2.05, 4.69) is 20.9 Å². The summed E-state index contributed by atoms with van der Waals surface area (Å²) < 4.78 is 5.31. The lowest BCUT2D eigenvalue weighted by molar-refractivity contribution is -0.116. The van der Waals surface area contributed by atoms with Crippen LogP contribution in [-0.2, 0) is 16.1 Å². The van der Waals surface area contributed by atoms with E-state index in [9.17, 15) is 4.79 Å². The van der Waals surface area contributed by atoms with E-state index in [1.807, 2.05) is 50.2 Å². The molecule has 0 spiro atoms. The van der Waals surface area contributed by atoms with Crippen LogP contribution < -0.4 is 16.0 Å². The molecule has 1 aromatic carbocycles. The lowest BCUT2D eigenvalue weighted by Gasteiger charge is -2.13. The maximum Gasteiger partial charge on any atom is 0.238 e. The van der Waals surface area contributed by atoms with E-state index >= 15 is 0 Å². The summed E-state index contributed by atoms with van der Waals surface area (Å²) in [6.07, 6.45) is 0.932. The number of benzene rings is 1. The number of nitrogens with one attached hydrogen (secondary N) is 3. The van der Waals surface area contributed by atoms with Gasteiger partial charge in [0.05, 0.1) is 6.54 Å². The Bertz CT molecular complexity index is 552. The Morgan fingerprint density at radius 2 is 2.04 bits per heavy atom. The average Bonchev–Trinajstić information content (AvgIpc) is 2.57. The Balaban J connectivity index is 0.00000625. The van der Waals surface area contributed by atoms with Crippen molar-refractivity contribution >= 4 is 41.5 Å². The highest BCUT2D eigenvalue weighted by Gasteiger charge is 2.04. The van der Waals surface area contributed by atoms with Crippen LogP contribution in [0, 0.1) is 0 Å². The number of halogens is 1. The van der Waals surface area contributed by atoms with Gasteiger partial charge in [-0.25, -0.2) is 0 Å². The highest BCUT2D eigenvalue weighted by atomic mass is 127. The number of rotatable bonds is 10. The molecule has 0 radical (unpaired) electrons. The Kier molecular flexibility index (Phi) is 14.0. The smallest absolute Gasteiger partial charge is 0.238 e. The van der Waals surface area contributed by atoms with Crippen molar-refractivity contribution in [2.45, 2.75) is 19.9 Å². The zero-order valence-corrected chi connectivity index (χ0v) is 18.5. The first-order chi connectivity index (χ1) is 12.0. The van der Waals surface area contributed by atoms with Gasteiger partial charge in [0.15, 0.2) is 5.96 Å². The van der Waals surface area contributed by atoms with E-state index in [4.69, 9.17) is 4.74 Å². The third-order valence-corrected chi connectivity index (χ3v) is 3.32. The van der Waals surface area contributed by atoms with Crippen molar-refractivity contribution in [1.82, 2.24) is 15.5 Å². The van der Waals surface area contributed by atoms with Gasteiger partial charge in [0.1, 0.15) is 0 Å². The van der Waals surface area contributed by atoms with Crippen LogP contribution in [0.2, 0.25) is 0 Å². The Morgan fingerprint density at radius 1 is 1.27 bits per heavy atom. The number of carbonyl (C=O) groups excluding carboxylic acids is 1. The largest absolute Gasteiger partial charge is 0.382 e. The Morgan fingerprint density at radius 3 is 2.69 bits per heavy atom. The highest BCUT2D eigenvalue weighted by Crippen LogP contribution is 2.10. The van der Waals surface area contributed by atoms with Crippen LogP contribution in [0.3, 0.4) is 0 Å². The maximum absolute atomic E-state index is 11.8. The summed E-state index contributed by atoms with van der Waals surface area (Å²) in [5, 5.41) is 9.42. The zero-order chi connectivity index (χ0) is 18.5. The van der Waals surface area contributed by atoms with Crippen molar-refractivity contribution in [3.8, 4) is 0 Å². The second-order valence-corrected chi connectivity index (χ2v) is 5.89. The third-order valence-electron chi connectivity index (χ3n) is 3.32. The Labute approximate surface area is 174 Å². The van der Waals surface area contributed by atoms with Crippen LogP contribution >= 0.6 is 24.0 Å². The van der Waals surface area contributed by atoms with Gasteiger partial charge in [-0.05, 0) is 45.1 Å². The molecule has 3 N–H and O–H groups in total. The standard InChI is InChI=1S/C18H31N5O2.HI/c1-5-25-11-7-10-20-18(19-2)21-13-15-8-6-9-16(12-15)22-17(24)14-23(3)4;/h6,8-9,12H,5,7,10-11,13-14H2,1-4H3,(H,22,24)(H2,19,20,21);1H. The molecule has 148 valence electrons. The summed E-state index contributed by atoms with van der Waals surface area (Å²) in [7, 11) is 5.48. The predicted octanol–water partition coefficient (Wildman–Crippen LogP) is 1.90. The number of carbonyl (C=O) groups is 1. The number of anilines is 1. The molecule has 1 amide bonds. The van der Waals surface area contributed by atoms with Crippen molar-refractivity contribution in [1.29, 1.82) is 0 Å². The predicted molar refractivity (Wildman–Crippen MR) is 118 cm³/mol. The van der Waals surface area contributed by atoms with Crippen LogP contribution in [0.15, 0.2) is 29.3 Å². The molecule has 8 heteroatoms. The molecule has 0 fully saturated rings. The van der Waals surface area contributed by atoms with Crippen LogP contribution in [-0.4, -0.2) is 64.2 Å². The fourth-order valence-electron chi connectivity index (χ4n) is 2.18. The molecule has 1 aromatic rings.